The number of aromatic hydroxyl groups is 1. The Hall–Kier alpha value is -4.12. The zero-order valence-corrected chi connectivity index (χ0v) is 34.0. The molecule has 9 heteroatoms. The summed E-state index contributed by atoms with van der Waals surface area (Å²) in [6, 6.07) is 34.8. The number of para-hydroxylation sites is 1. The van der Waals surface area contributed by atoms with Gasteiger partial charge in [0.1, 0.15) is 5.75 Å². The number of benzene rings is 4. The fourth-order valence-electron chi connectivity index (χ4n) is 8.57. The molecule has 1 saturated heterocycles. The number of anilines is 1. The van der Waals surface area contributed by atoms with Gasteiger partial charge in [0.15, 0.2) is 0 Å². The number of hydrogen-bond acceptors (Lipinski definition) is 6. The molecule has 0 bridgehead atoms. The first-order chi connectivity index (χ1) is 25.9. The van der Waals surface area contributed by atoms with Gasteiger partial charge in [-0.25, -0.2) is 0 Å². The largest absolute Gasteiger partial charge is 0.507 e. The van der Waals surface area contributed by atoms with Gasteiger partial charge in [-0.3, -0.25) is 14.5 Å². The van der Waals surface area contributed by atoms with Gasteiger partial charge in [0, 0.05) is 16.0 Å². The topological polar surface area (TPSA) is 107 Å². The van der Waals surface area contributed by atoms with Gasteiger partial charge in [-0.1, -0.05) is 134 Å². The van der Waals surface area contributed by atoms with Gasteiger partial charge >= 0.3 is 0 Å². The smallest absolute Gasteiger partial charge is 0.261 e. The van der Waals surface area contributed by atoms with Gasteiger partial charge < -0.3 is 19.7 Å². The number of carbonyl (C=O) groups excluding carboxylic acids is 2. The number of aliphatic hydroxyl groups is 2. The molecule has 54 heavy (non-hydrogen) atoms. The summed E-state index contributed by atoms with van der Waals surface area (Å²) >= 11 is 3.49. The summed E-state index contributed by atoms with van der Waals surface area (Å²) in [5.74, 6) is -2.77. The molecule has 1 aliphatic carbocycles. The second-order valence-electron chi connectivity index (χ2n) is 15.4. The van der Waals surface area contributed by atoms with Gasteiger partial charge in [-0.2, -0.15) is 0 Å². The van der Waals surface area contributed by atoms with Crippen molar-refractivity contribution in [2.75, 3.05) is 18.1 Å². The standard InChI is InChI=1S/C45H50BrNO6Si/c1-5-30(25-31-26-33(46)22-24-39(31)49)21-23-40(50)41-32(27-37-42(38(41)28-48)44(52)47(43(37)51)34-15-9-6-10-16-34)29-53-54(45(2,3)4,35-17-11-7-12-18-35)36-19-13-8-14-20-36/h6-20,22,24-26,37-38,40,42,48-50H,5,21,23,27-29H2,1-4H3/b30-25+/t37-,38+,40-,42-/m1/s1. The molecule has 0 unspecified atom stereocenters. The Morgan fingerprint density at radius 3 is 2.07 bits per heavy atom. The normalized spacial score (nSPS) is 20.0. The third-order valence-electron chi connectivity index (χ3n) is 11.2. The predicted octanol–water partition coefficient (Wildman–Crippen LogP) is 7.78. The minimum Gasteiger partial charge on any atom is -0.507 e. The number of phenolic OH excluding ortho intramolecular Hbond substituents is 1. The lowest BCUT2D eigenvalue weighted by Gasteiger charge is -2.44. The van der Waals surface area contributed by atoms with E-state index in [4.69, 9.17) is 4.43 Å². The second kappa shape index (κ2) is 16.7. The van der Waals surface area contributed by atoms with E-state index in [0.29, 0.717) is 36.1 Å². The van der Waals surface area contributed by atoms with E-state index in [0.717, 1.165) is 26.0 Å². The summed E-state index contributed by atoms with van der Waals surface area (Å²) in [4.78, 5) is 29.7. The molecule has 0 radical (unpaired) electrons. The maximum atomic E-state index is 14.2. The molecule has 0 aromatic heterocycles. The third kappa shape index (κ3) is 7.70. The number of hydrogen-bond donors (Lipinski definition) is 3. The van der Waals surface area contributed by atoms with Crippen LogP contribution in [0, 0.1) is 17.8 Å². The van der Waals surface area contributed by atoms with E-state index >= 15 is 0 Å². The summed E-state index contributed by atoms with van der Waals surface area (Å²) in [5, 5.41) is 35.8. The second-order valence-corrected chi connectivity index (χ2v) is 20.6. The molecule has 1 fully saturated rings. The minimum atomic E-state index is -3.03. The molecule has 4 aromatic rings. The van der Waals surface area contributed by atoms with Crippen LogP contribution in [-0.2, 0) is 14.0 Å². The van der Waals surface area contributed by atoms with Gasteiger partial charge in [0.05, 0.1) is 36.8 Å². The fraction of sp³-hybridized carbons (Fsp3) is 0.333. The zero-order valence-electron chi connectivity index (χ0n) is 31.4. The molecule has 4 atom stereocenters. The van der Waals surface area contributed by atoms with Gasteiger partial charge in [-0.05, 0) is 82.6 Å². The average Bonchev–Trinajstić information content (AvgIpc) is 3.42. The molecule has 7 nitrogen and oxygen atoms in total. The number of aliphatic hydroxyl groups excluding tert-OH is 2. The van der Waals surface area contributed by atoms with Crippen LogP contribution in [0.1, 0.15) is 58.9 Å². The van der Waals surface area contributed by atoms with E-state index < -0.39 is 38.8 Å². The molecule has 4 aromatic carbocycles. The quantitative estimate of drug-likeness (QED) is 0.0724. The first-order valence-electron chi connectivity index (χ1n) is 18.8. The maximum absolute atomic E-state index is 14.2. The van der Waals surface area contributed by atoms with E-state index in [9.17, 15) is 24.9 Å². The van der Waals surface area contributed by atoms with Gasteiger partial charge in [0.2, 0.25) is 11.8 Å². The SMILES string of the molecule is CC/C(=C\c1cc(Br)ccc1O)CC[C@@H](O)C1=C(CO[Si](c2ccccc2)(c2ccccc2)C(C)(C)C)C[C@H]2C(=O)N(c3ccccc3)C(=O)[C@H]2[C@H]1CO. The van der Waals surface area contributed by atoms with Crippen LogP contribution in [0.5, 0.6) is 5.75 Å². The lowest BCUT2D eigenvalue weighted by atomic mass is 9.68. The highest BCUT2D eigenvalue weighted by Gasteiger charge is 2.56. The van der Waals surface area contributed by atoms with E-state index in [1.165, 1.54) is 4.90 Å². The van der Waals surface area contributed by atoms with Crippen LogP contribution >= 0.6 is 15.9 Å². The number of imide groups is 1. The Kier molecular flexibility index (Phi) is 12.2. The fourth-order valence-corrected chi connectivity index (χ4v) is 13.5. The Bertz CT molecular complexity index is 1970. The Morgan fingerprint density at radius 2 is 1.52 bits per heavy atom. The number of amides is 2. The van der Waals surface area contributed by atoms with Crippen LogP contribution in [-0.4, -0.2) is 54.8 Å². The number of fused-ring (bicyclic) bond motifs is 1. The van der Waals surface area contributed by atoms with Crippen molar-refractivity contribution in [3.8, 4) is 5.75 Å². The van der Waals surface area contributed by atoms with Crippen LogP contribution in [0.4, 0.5) is 5.69 Å². The molecule has 2 amide bonds. The summed E-state index contributed by atoms with van der Waals surface area (Å²) in [5.41, 5.74) is 3.57. The number of nitrogens with zero attached hydrogens (tertiary/aromatic N) is 1. The molecule has 282 valence electrons. The highest BCUT2D eigenvalue weighted by molar-refractivity contribution is 9.10. The van der Waals surface area contributed by atoms with Crippen molar-refractivity contribution in [3.63, 3.8) is 0 Å². The molecule has 0 spiro atoms. The number of halogens is 1. The highest BCUT2D eigenvalue weighted by Crippen LogP contribution is 2.48. The number of rotatable bonds is 13. The Labute approximate surface area is 328 Å². The number of carbonyl (C=O) groups is 2. The summed E-state index contributed by atoms with van der Waals surface area (Å²) in [6.45, 7) is 8.38. The molecule has 1 aliphatic heterocycles. The Balaban J connectivity index is 1.42. The molecule has 2 aliphatic rings. The van der Waals surface area contributed by atoms with Crippen LogP contribution in [0.3, 0.4) is 0 Å². The van der Waals surface area contributed by atoms with Crippen LogP contribution in [0.15, 0.2) is 130 Å². The Morgan fingerprint density at radius 1 is 0.926 bits per heavy atom. The van der Waals surface area contributed by atoms with Gasteiger partial charge in [0.25, 0.3) is 8.32 Å². The molecule has 0 saturated carbocycles. The van der Waals surface area contributed by atoms with E-state index in [1.54, 1.807) is 36.4 Å². The number of allylic oxidation sites excluding steroid dienone is 1. The molecule has 6 rings (SSSR count). The first-order valence-corrected chi connectivity index (χ1v) is 21.5. The lowest BCUT2D eigenvalue weighted by Crippen LogP contribution is -2.66. The lowest BCUT2D eigenvalue weighted by molar-refractivity contribution is -0.123. The van der Waals surface area contributed by atoms with E-state index in [1.807, 2.05) is 61.5 Å². The van der Waals surface area contributed by atoms with Crippen molar-refractivity contribution in [3.05, 3.63) is 136 Å². The van der Waals surface area contributed by atoms with Crippen LogP contribution < -0.4 is 15.3 Å². The van der Waals surface area contributed by atoms with Crippen molar-refractivity contribution < 1.29 is 29.3 Å². The van der Waals surface area contributed by atoms with Crippen molar-refractivity contribution >= 4 is 58.2 Å². The summed E-state index contributed by atoms with van der Waals surface area (Å²) in [6.07, 6.45) is 2.72. The zero-order chi connectivity index (χ0) is 38.6. The first kappa shape index (κ1) is 39.6. The van der Waals surface area contributed by atoms with Crippen LogP contribution in [0.25, 0.3) is 6.08 Å². The molecule has 3 N–H and O–H groups in total. The minimum absolute atomic E-state index is 0.134. The highest BCUT2D eigenvalue weighted by atomic mass is 79.9. The van der Waals surface area contributed by atoms with Gasteiger partial charge in [-0.15, -0.1) is 0 Å². The molecular formula is C45H50BrNO6Si. The van der Waals surface area contributed by atoms with Crippen molar-refractivity contribution in [1.29, 1.82) is 0 Å². The molecular weight excluding hydrogens is 758 g/mol. The number of phenols is 1. The van der Waals surface area contributed by atoms with E-state index in [-0.39, 0.29) is 35.6 Å². The average molecular weight is 809 g/mol. The monoisotopic (exact) mass is 807 g/mol. The maximum Gasteiger partial charge on any atom is 0.261 e. The van der Waals surface area contributed by atoms with Crippen molar-refractivity contribution in [2.24, 2.45) is 17.8 Å². The summed E-state index contributed by atoms with van der Waals surface area (Å²) < 4.78 is 8.23. The molecule has 1 heterocycles. The van der Waals surface area contributed by atoms with E-state index in [2.05, 4.69) is 61.0 Å². The van der Waals surface area contributed by atoms with Crippen molar-refractivity contribution in [1.82, 2.24) is 0 Å². The predicted molar refractivity (Wildman–Crippen MR) is 221 cm³/mol. The summed E-state index contributed by atoms with van der Waals surface area (Å²) in [7, 11) is -3.03. The van der Waals surface area contributed by atoms with Crippen LogP contribution in [0.2, 0.25) is 5.04 Å². The van der Waals surface area contributed by atoms with Crippen molar-refractivity contribution in [2.45, 2.75) is 64.5 Å². The third-order valence-corrected chi connectivity index (χ3v) is 16.7.